The van der Waals surface area contributed by atoms with Crippen LogP contribution in [-0.4, -0.2) is 23.9 Å². The molecule has 5 heteroatoms. The lowest BCUT2D eigenvalue weighted by Crippen LogP contribution is -2.31. The third kappa shape index (κ3) is 5.34. The van der Waals surface area contributed by atoms with Gasteiger partial charge in [-0.1, -0.05) is 44.2 Å². The molecular weight excluding hydrogens is 326 g/mol. The largest absolute Gasteiger partial charge is 0.326 e. The molecule has 5 nitrogen and oxygen atoms in total. The number of rotatable bonds is 6. The fourth-order valence-electron chi connectivity index (χ4n) is 2.52. The van der Waals surface area contributed by atoms with E-state index in [9.17, 15) is 9.59 Å². The number of nitrogens with one attached hydrogen (secondary N) is 2. The second-order valence-electron chi connectivity index (χ2n) is 6.39. The molecule has 2 aromatic rings. The highest BCUT2D eigenvalue weighted by atomic mass is 16.2. The smallest absolute Gasteiger partial charge is 0.321 e. The first-order valence-electron chi connectivity index (χ1n) is 8.93. The summed E-state index contributed by atoms with van der Waals surface area (Å²) in [6.07, 6.45) is 1.41. The molecule has 0 aliphatic rings. The van der Waals surface area contributed by atoms with E-state index in [0.717, 1.165) is 17.5 Å². The number of nitrogens with zero attached hydrogens (tertiary/aromatic N) is 1. The molecule has 0 saturated heterocycles. The van der Waals surface area contributed by atoms with Crippen molar-refractivity contribution < 1.29 is 9.59 Å². The van der Waals surface area contributed by atoms with Gasteiger partial charge in [0.25, 0.3) is 0 Å². The van der Waals surface area contributed by atoms with E-state index in [2.05, 4.69) is 41.8 Å². The minimum atomic E-state index is -0.188. The van der Waals surface area contributed by atoms with Crippen molar-refractivity contribution in [1.29, 1.82) is 0 Å². The van der Waals surface area contributed by atoms with Gasteiger partial charge in [-0.15, -0.1) is 0 Å². The summed E-state index contributed by atoms with van der Waals surface area (Å²) in [6.45, 7) is 6.37. The van der Waals surface area contributed by atoms with Crippen LogP contribution in [0, 0.1) is 6.92 Å². The number of urea groups is 1. The first kappa shape index (κ1) is 19.5. The van der Waals surface area contributed by atoms with Gasteiger partial charge < -0.3 is 15.5 Å². The molecule has 0 bridgehead atoms. The van der Waals surface area contributed by atoms with Crippen molar-refractivity contribution in [2.75, 3.05) is 17.7 Å². The number of carbonyl (C=O) groups is 2. The molecule has 138 valence electrons. The summed E-state index contributed by atoms with van der Waals surface area (Å²) < 4.78 is 0. The van der Waals surface area contributed by atoms with Crippen LogP contribution in [0.5, 0.6) is 0 Å². The Bertz CT molecular complexity index is 769. The zero-order chi connectivity index (χ0) is 19.1. The van der Waals surface area contributed by atoms with Crippen molar-refractivity contribution in [3.05, 3.63) is 59.2 Å². The summed E-state index contributed by atoms with van der Waals surface area (Å²) in [6, 6.07) is 13.6. The molecular formula is C21H27N3O2. The standard InChI is InChI=1S/C21H27N3O2/c1-5-16-8-10-17(11-9-16)14-24(4)21(26)23-19-13-18(12-7-15(19)3)22-20(25)6-2/h7-13H,5-6,14H2,1-4H3,(H,22,25)(H,23,26). The number of benzene rings is 2. The minimum Gasteiger partial charge on any atom is -0.326 e. The number of aryl methyl sites for hydroxylation is 2. The highest BCUT2D eigenvalue weighted by Crippen LogP contribution is 2.21. The zero-order valence-electron chi connectivity index (χ0n) is 15.9. The van der Waals surface area contributed by atoms with Crippen LogP contribution in [0.3, 0.4) is 0 Å². The number of hydrogen-bond acceptors (Lipinski definition) is 2. The third-order valence-electron chi connectivity index (χ3n) is 4.28. The predicted octanol–water partition coefficient (Wildman–Crippen LogP) is 4.57. The Hall–Kier alpha value is -2.82. The highest BCUT2D eigenvalue weighted by Gasteiger charge is 2.12. The molecule has 0 aliphatic heterocycles. The number of amides is 3. The molecule has 0 fully saturated rings. The highest BCUT2D eigenvalue weighted by molar-refractivity contribution is 5.94. The van der Waals surface area contributed by atoms with Gasteiger partial charge in [0, 0.05) is 31.4 Å². The monoisotopic (exact) mass is 353 g/mol. The average molecular weight is 353 g/mol. The van der Waals surface area contributed by atoms with Crippen LogP contribution < -0.4 is 10.6 Å². The van der Waals surface area contributed by atoms with Crippen molar-refractivity contribution >= 4 is 23.3 Å². The van der Waals surface area contributed by atoms with Crippen LogP contribution >= 0.6 is 0 Å². The molecule has 26 heavy (non-hydrogen) atoms. The lowest BCUT2D eigenvalue weighted by molar-refractivity contribution is -0.115. The van der Waals surface area contributed by atoms with Crippen LogP contribution in [0.15, 0.2) is 42.5 Å². The van der Waals surface area contributed by atoms with Crippen molar-refractivity contribution in [3.63, 3.8) is 0 Å². The maximum Gasteiger partial charge on any atom is 0.321 e. The summed E-state index contributed by atoms with van der Waals surface area (Å²) in [7, 11) is 1.76. The topological polar surface area (TPSA) is 61.4 Å². The Morgan fingerprint density at radius 1 is 0.962 bits per heavy atom. The first-order valence-corrected chi connectivity index (χ1v) is 8.93. The average Bonchev–Trinajstić information content (AvgIpc) is 2.64. The van der Waals surface area contributed by atoms with Gasteiger partial charge in [0.05, 0.1) is 0 Å². The van der Waals surface area contributed by atoms with Gasteiger partial charge in [-0.2, -0.15) is 0 Å². The van der Waals surface area contributed by atoms with Gasteiger partial charge in [0.1, 0.15) is 0 Å². The fraction of sp³-hybridized carbons (Fsp3) is 0.333. The Kier molecular flexibility index (Phi) is 6.78. The lowest BCUT2D eigenvalue weighted by atomic mass is 10.1. The molecule has 0 aromatic heterocycles. The first-order chi connectivity index (χ1) is 12.4. The summed E-state index contributed by atoms with van der Waals surface area (Å²) in [5, 5.41) is 5.73. The molecule has 3 amide bonds. The van der Waals surface area contributed by atoms with Gasteiger partial charge in [0.15, 0.2) is 0 Å². The van der Waals surface area contributed by atoms with E-state index < -0.39 is 0 Å². The van der Waals surface area contributed by atoms with Crippen molar-refractivity contribution in [3.8, 4) is 0 Å². The molecule has 2 aromatic carbocycles. The quantitative estimate of drug-likeness (QED) is 0.799. The van der Waals surface area contributed by atoms with E-state index in [1.807, 2.05) is 19.1 Å². The van der Waals surface area contributed by atoms with Crippen molar-refractivity contribution in [1.82, 2.24) is 4.90 Å². The molecule has 0 atom stereocenters. The number of carbonyl (C=O) groups excluding carboxylic acids is 2. The van der Waals surface area contributed by atoms with E-state index in [4.69, 9.17) is 0 Å². The van der Waals surface area contributed by atoms with E-state index in [1.54, 1.807) is 24.9 Å². The van der Waals surface area contributed by atoms with Gasteiger partial charge >= 0.3 is 6.03 Å². The van der Waals surface area contributed by atoms with E-state index in [0.29, 0.717) is 24.3 Å². The number of anilines is 2. The van der Waals surface area contributed by atoms with Crippen LogP contribution in [-0.2, 0) is 17.8 Å². The Morgan fingerprint density at radius 3 is 2.23 bits per heavy atom. The maximum absolute atomic E-state index is 12.5. The van der Waals surface area contributed by atoms with Gasteiger partial charge in [-0.3, -0.25) is 4.79 Å². The summed E-state index contributed by atoms with van der Waals surface area (Å²) in [5.74, 6) is -0.0567. The van der Waals surface area contributed by atoms with E-state index >= 15 is 0 Å². The second kappa shape index (κ2) is 9.04. The third-order valence-corrected chi connectivity index (χ3v) is 4.28. The normalized spacial score (nSPS) is 10.3. The molecule has 2 N–H and O–H groups in total. The fourth-order valence-corrected chi connectivity index (χ4v) is 2.52. The molecule has 2 rings (SSSR count). The number of hydrogen-bond donors (Lipinski definition) is 2. The van der Waals surface area contributed by atoms with Crippen molar-refractivity contribution in [2.24, 2.45) is 0 Å². The summed E-state index contributed by atoms with van der Waals surface area (Å²) in [5.41, 5.74) is 4.67. The summed E-state index contributed by atoms with van der Waals surface area (Å²) in [4.78, 5) is 25.7. The zero-order valence-corrected chi connectivity index (χ0v) is 15.9. The van der Waals surface area contributed by atoms with Crippen LogP contribution in [0.4, 0.5) is 16.2 Å². The van der Waals surface area contributed by atoms with E-state index in [-0.39, 0.29) is 11.9 Å². The van der Waals surface area contributed by atoms with E-state index in [1.165, 1.54) is 5.56 Å². The van der Waals surface area contributed by atoms with Gasteiger partial charge in [-0.25, -0.2) is 4.79 Å². The Morgan fingerprint density at radius 2 is 1.62 bits per heavy atom. The van der Waals surface area contributed by atoms with Gasteiger partial charge in [0.2, 0.25) is 5.91 Å². The maximum atomic E-state index is 12.5. The van der Waals surface area contributed by atoms with Crippen LogP contribution in [0.1, 0.15) is 37.0 Å². The summed E-state index contributed by atoms with van der Waals surface area (Å²) >= 11 is 0. The van der Waals surface area contributed by atoms with Crippen LogP contribution in [0.2, 0.25) is 0 Å². The van der Waals surface area contributed by atoms with Gasteiger partial charge in [-0.05, 0) is 42.2 Å². The van der Waals surface area contributed by atoms with Crippen LogP contribution in [0.25, 0.3) is 0 Å². The molecule has 0 spiro atoms. The lowest BCUT2D eigenvalue weighted by Gasteiger charge is -2.19. The predicted molar refractivity (Wildman–Crippen MR) is 106 cm³/mol. The molecule has 0 unspecified atom stereocenters. The molecule has 0 heterocycles. The Labute approximate surface area is 155 Å². The van der Waals surface area contributed by atoms with Crippen molar-refractivity contribution in [2.45, 2.75) is 40.2 Å². The SMILES string of the molecule is CCC(=O)Nc1ccc(C)c(NC(=O)N(C)Cc2ccc(CC)cc2)c1. The minimum absolute atomic E-state index is 0.0567. The molecule has 0 aliphatic carbocycles. The molecule has 0 radical (unpaired) electrons. The Balaban J connectivity index is 2.03. The second-order valence-corrected chi connectivity index (χ2v) is 6.39. The molecule has 0 saturated carbocycles.